The average molecular weight is 294 g/mol. The lowest BCUT2D eigenvalue weighted by atomic mass is 10.0. The maximum absolute atomic E-state index is 12.1. The van der Waals surface area contributed by atoms with Crippen LogP contribution in [0.4, 0.5) is 0 Å². The number of nitrogens with zero attached hydrogens (tertiary/aromatic N) is 1. The average Bonchev–Trinajstić information content (AvgIpc) is 3.07. The van der Waals surface area contributed by atoms with Crippen molar-refractivity contribution in [1.29, 1.82) is 0 Å². The number of aliphatic carboxylic acids is 1. The quantitative estimate of drug-likeness (QED) is 0.833. The molecule has 1 saturated heterocycles. The SMILES string of the molecule is CC1CCN(C(=O)CCNC(=O)c2ccoc2)C1C(=O)O. The Morgan fingerprint density at radius 1 is 1.48 bits per heavy atom. The molecule has 7 nitrogen and oxygen atoms in total. The van der Waals surface area contributed by atoms with Gasteiger partial charge in [0.1, 0.15) is 12.3 Å². The molecule has 0 aliphatic carbocycles. The molecule has 2 unspecified atom stereocenters. The minimum atomic E-state index is -0.976. The summed E-state index contributed by atoms with van der Waals surface area (Å²) in [7, 11) is 0. The Kier molecular flexibility index (Phi) is 4.62. The molecule has 21 heavy (non-hydrogen) atoms. The summed E-state index contributed by atoms with van der Waals surface area (Å²) in [5.41, 5.74) is 0.389. The van der Waals surface area contributed by atoms with Gasteiger partial charge in [-0.25, -0.2) is 4.79 Å². The third-order valence-electron chi connectivity index (χ3n) is 3.68. The van der Waals surface area contributed by atoms with Crippen molar-refractivity contribution in [3.05, 3.63) is 24.2 Å². The van der Waals surface area contributed by atoms with Gasteiger partial charge in [-0.05, 0) is 18.4 Å². The molecule has 1 aromatic heterocycles. The molecule has 2 heterocycles. The van der Waals surface area contributed by atoms with Gasteiger partial charge < -0.3 is 19.7 Å². The summed E-state index contributed by atoms with van der Waals surface area (Å²) in [6, 6.07) is 0.766. The molecule has 114 valence electrons. The summed E-state index contributed by atoms with van der Waals surface area (Å²) in [6.07, 6.45) is 3.48. The fourth-order valence-corrected chi connectivity index (χ4v) is 2.53. The van der Waals surface area contributed by atoms with E-state index in [4.69, 9.17) is 9.52 Å². The lowest BCUT2D eigenvalue weighted by Gasteiger charge is -2.23. The van der Waals surface area contributed by atoms with E-state index in [1.807, 2.05) is 6.92 Å². The Bertz CT molecular complexity index is 525. The number of carbonyl (C=O) groups excluding carboxylic acids is 2. The number of amides is 2. The number of carbonyl (C=O) groups is 3. The van der Waals surface area contributed by atoms with Crippen molar-refractivity contribution < 1.29 is 23.9 Å². The van der Waals surface area contributed by atoms with Crippen LogP contribution in [0.25, 0.3) is 0 Å². The fraction of sp³-hybridized carbons (Fsp3) is 0.500. The van der Waals surface area contributed by atoms with Crippen molar-refractivity contribution in [3.63, 3.8) is 0 Å². The lowest BCUT2D eigenvalue weighted by molar-refractivity contribution is -0.149. The maximum atomic E-state index is 12.1. The number of likely N-dealkylation sites (tertiary alicyclic amines) is 1. The molecule has 1 aliphatic heterocycles. The van der Waals surface area contributed by atoms with E-state index in [-0.39, 0.29) is 30.7 Å². The highest BCUT2D eigenvalue weighted by atomic mass is 16.4. The van der Waals surface area contributed by atoms with Crippen LogP contribution in [0.1, 0.15) is 30.1 Å². The van der Waals surface area contributed by atoms with Gasteiger partial charge in [-0.1, -0.05) is 6.92 Å². The highest BCUT2D eigenvalue weighted by molar-refractivity contribution is 5.94. The topological polar surface area (TPSA) is 99.9 Å². The van der Waals surface area contributed by atoms with E-state index in [1.54, 1.807) is 0 Å². The molecule has 0 saturated carbocycles. The summed E-state index contributed by atoms with van der Waals surface area (Å²) >= 11 is 0. The van der Waals surface area contributed by atoms with E-state index in [0.29, 0.717) is 18.5 Å². The van der Waals surface area contributed by atoms with E-state index in [2.05, 4.69) is 5.32 Å². The van der Waals surface area contributed by atoms with Crippen molar-refractivity contribution in [1.82, 2.24) is 10.2 Å². The van der Waals surface area contributed by atoms with E-state index >= 15 is 0 Å². The standard InChI is InChI=1S/C14H18N2O5/c1-9-3-6-16(12(9)14(19)20)11(17)2-5-15-13(18)10-4-7-21-8-10/h4,7-9,12H,2-3,5-6H2,1H3,(H,15,18)(H,19,20). The molecule has 7 heteroatoms. The van der Waals surface area contributed by atoms with Gasteiger partial charge in [0.15, 0.2) is 0 Å². The normalized spacial score (nSPS) is 21.3. The smallest absolute Gasteiger partial charge is 0.326 e. The summed E-state index contributed by atoms with van der Waals surface area (Å²) in [4.78, 5) is 36.3. The molecular formula is C14H18N2O5. The molecule has 2 rings (SSSR count). The van der Waals surface area contributed by atoms with Gasteiger partial charge in [0.05, 0.1) is 11.8 Å². The van der Waals surface area contributed by atoms with Crippen molar-refractivity contribution in [2.45, 2.75) is 25.8 Å². The summed E-state index contributed by atoms with van der Waals surface area (Å²) in [5.74, 6) is -1.59. The van der Waals surface area contributed by atoms with Gasteiger partial charge in [-0.2, -0.15) is 0 Å². The van der Waals surface area contributed by atoms with Crippen LogP contribution in [0.3, 0.4) is 0 Å². The molecular weight excluding hydrogens is 276 g/mol. The van der Waals surface area contributed by atoms with Crippen molar-refractivity contribution in [3.8, 4) is 0 Å². The summed E-state index contributed by atoms with van der Waals surface area (Å²) in [6.45, 7) is 2.44. The van der Waals surface area contributed by atoms with E-state index in [0.717, 1.165) is 0 Å². The molecule has 1 fully saturated rings. The summed E-state index contributed by atoms with van der Waals surface area (Å²) in [5, 5.41) is 11.8. The Morgan fingerprint density at radius 2 is 2.24 bits per heavy atom. The largest absolute Gasteiger partial charge is 0.480 e. The van der Waals surface area contributed by atoms with E-state index in [9.17, 15) is 14.4 Å². The van der Waals surface area contributed by atoms with Crippen LogP contribution in [0.5, 0.6) is 0 Å². The number of nitrogens with one attached hydrogen (secondary N) is 1. The number of carboxylic acids is 1. The van der Waals surface area contributed by atoms with E-state index < -0.39 is 12.0 Å². The Hall–Kier alpha value is -2.31. The Balaban J connectivity index is 1.82. The second-order valence-corrected chi connectivity index (χ2v) is 5.15. The Labute approximate surface area is 121 Å². The number of carboxylic acid groups (broad SMARTS) is 1. The molecule has 2 amide bonds. The van der Waals surface area contributed by atoms with Crippen LogP contribution in [0.2, 0.25) is 0 Å². The molecule has 0 bridgehead atoms. The first-order valence-corrected chi connectivity index (χ1v) is 6.83. The maximum Gasteiger partial charge on any atom is 0.326 e. The van der Waals surface area contributed by atoms with Gasteiger partial charge in [0.25, 0.3) is 5.91 Å². The number of furan rings is 1. The van der Waals surface area contributed by atoms with Crippen LogP contribution in [-0.4, -0.2) is 46.9 Å². The second-order valence-electron chi connectivity index (χ2n) is 5.15. The summed E-state index contributed by atoms with van der Waals surface area (Å²) < 4.78 is 4.80. The first kappa shape index (κ1) is 15.1. The zero-order valence-electron chi connectivity index (χ0n) is 11.7. The number of rotatable bonds is 5. The minimum absolute atomic E-state index is 0.0491. The Morgan fingerprint density at radius 3 is 2.86 bits per heavy atom. The zero-order valence-corrected chi connectivity index (χ0v) is 11.7. The monoisotopic (exact) mass is 294 g/mol. The fourth-order valence-electron chi connectivity index (χ4n) is 2.53. The van der Waals surface area contributed by atoms with Crippen LogP contribution in [0, 0.1) is 5.92 Å². The highest BCUT2D eigenvalue weighted by Crippen LogP contribution is 2.24. The molecule has 0 radical (unpaired) electrons. The van der Waals surface area contributed by atoms with Crippen molar-refractivity contribution >= 4 is 17.8 Å². The van der Waals surface area contributed by atoms with Crippen LogP contribution in [0.15, 0.2) is 23.0 Å². The minimum Gasteiger partial charge on any atom is -0.480 e. The van der Waals surface area contributed by atoms with Crippen LogP contribution < -0.4 is 5.32 Å². The molecule has 0 spiro atoms. The zero-order chi connectivity index (χ0) is 15.4. The molecule has 2 N–H and O–H groups in total. The highest BCUT2D eigenvalue weighted by Gasteiger charge is 2.39. The van der Waals surface area contributed by atoms with Gasteiger partial charge >= 0.3 is 5.97 Å². The van der Waals surface area contributed by atoms with E-state index in [1.165, 1.54) is 23.5 Å². The van der Waals surface area contributed by atoms with Gasteiger partial charge in [0, 0.05) is 19.5 Å². The first-order valence-electron chi connectivity index (χ1n) is 6.83. The molecule has 1 aliphatic rings. The third-order valence-corrected chi connectivity index (χ3v) is 3.68. The van der Waals surface area contributed by atoms with Crippen LogP contribution in [-0.2, 0) is 9.59 Å². The van der Waals surface area contributed by atoms with Crippen molar-refractivity contribution in [2.75, 3.05) is 13.1 Å². The molecule has 2 atom stereocenters. The molecule has 1 aromatic rings. The first-order chi connectivity index (χ1) is 10.0. The van der Waals surface area contributed by atoms with Crippen LogP contribution >= 0.6 is 0 Å². The van der Waals surface area contributed by atoms with Gasteiger partial charge in [-0.15, -0.1) is 0 Å². The van der Waals surface area contributed by atoms with Gasteiger partial charge in [0.2, 0.25) is 5.91 Å². The van der Waals surface area contributed by atoms with Gasteiger partial charge in [-0.3, -0.25) is 9.59 Å². The number of hydrogen-bond acceptors (Lipinski definition) is 4. The van der Waals surface area contributed by atoms with Crippen molar-refractivity contribution in [2.24, 2.45) is 5.92 Å². The molecule has 0 aromatic carbocycles. The second kappa shape index (κ2) is 6.43. The predicted molar refractivity (Wildman–Crippen MR) is 72.6 cm³/mol. The predicted octanol–water partition coefficient (Wildman–Crippen LogP) is 0.721. The number of hydrogen-bond donors (Lipinski definition) is 2. The third kappa shape index (κ3) is 3.42. The lowest BCUT2D eigenvalue weighted by Crippen LogP contribution is -2.43.